The lowest BCUT2D eigenvalue weighted by molar-refractivity contribution is -0.223. The number of imidazole rings is 1. The summed E-state index contributed by atoms with van der Waals surface area (Å²) in [4.78, 5) is 19.9. The van der Waals surface area contributed by atoms with Gasteiger partial charge in [-0.2, -0.15) is 13.2 Å². The lowest BCUT2D eigenvalue weighted by Gasteiger charge is -2.35. The second kappa shape index (κ2) is 13.1. The van der Waals surface area contributed by atoms with Crippen LogP contribution in [-0.4, -0.2) is 53.8 Å². The smallest absolute Gasteiger partial charge is 0.492 e. The number of benzene rings is 2. The van der Waals surface area contributed by atoms with Gasteiger partial charge in [0.1, 0.15) is 12.4 Å². The van der Waals surface area contributed by atoms with Gasteiger partial charge in [0.05, 0.1) is 12.9 Å². The van der Waals surface area contributed by atoms with Crippen LogP contribution < -0.4 is 10.1 Å². The Balaban J connectivity index is 1.43. The summed E-state index contributed by atoms with van der Waals surface area (Å²) in [5.41, 5.74) is 2.22. The van der Waals surface area contributed by atoms with Gasteiger partial charge in [-0.15, -0.1) is 0 Å². The van der Waals surface area contributed by atoms with Crippen molar-refractivity contribution >= 4 is 16.0 Å². The Labute approximate surface area is 249 Å². The van der Waals surface area contributed by atoms with Crippen molar-refractivity contribution in [3.63, 3.8) is 0 Å². The third kappa shape index (κ3) is 7.57. The number of ether oxygens (including phenoxy) is 1. The zero-order valence-electron chi connectivity index (χ0n) is 23.8. The van der Waals surface area contributed by atoms with Crippen LogP contribution in [0.25, 0.3) is 0 Å². The number of fused-ring (bicyclic) bond motifs is 1. The number of rotatable bonds is 11. The van der Waals surface area contributed by atoms with Crippen molar-refractivity contribution in [2.75, 3.05) is 13.2 Å². The molecule has 5 rings (SSSR count). The maximum absolute atomic E-state index is 13.3. The molecule has 2 atom stereocenters. The van der Waals surface area contributed by atoms with E-state index in [0.717, 1.165) is 36.2 Å². The van der Waals surface area contributed by atoms with Crippen LogP contribution in [0.1, 0.15) is 54.7 Å². The van der Waals surface area contributed by atoms with Crippen molar-refractivity contribution in [3.05, 3.63) is 77.7 Å². The zero-order chi connectivity index (χ0) is 30.6. The Kier molecular flexibility index (Phi) is 9.42. The van der Waals surface area contributed by atoms with Crippen LogP contribution in [-0.2, 0) is 39.7 Å². The summed E-state index contributed by atoms with van der Waals surface area (Å²) in [6.45, 7) is 0.617. The maximum Gasteiger partial charge on any atom is 0.492 e. The van der Waals surface area contributed by atoms with Crippen LogP contribution in [0.5, 0.6) is 5.75 Å². The topological polar surface area (TPSA) is 103 Å². The van der Waals surface area contributed by atoms with E-state index in [1.807, 2.05) is 30.3 Å². The van der Waals surface area contributed by atoms with E-state index >= 15 is 0 Å². The Morgan fingerprint density at radius 1 is 1.14 bits per heavy atom. The zero-order valence-corrected chi connectivity index (χ0v) is 24.6. The third-order valence-electron chi connectivity index (χ3n) is 8.05. The number of aryl methyl sites for hydroxylation is 1. The molecule has 0 spiro atoms. The van der Waals surface area contributed by atoms with Gasteiger partial charge in [0, 0.05) is 25.2 Å². The molecule has 2 heterocycles. The molecule has 13 heteroatoms. The van der Waals surface area contributed by atoms with Crippen LogP contribution in [0.15, 0.2) is 66.1 Å². The van der Waals surface area contributed by atoms with Gasteiger partial charge < -0.3 is 19.5 Å². The first-order valence-corrected chi connectivity index (χ1v) is 15.8. The Hall–Kier alpha value is -3.42. The maximum atomic E-state index is 13.3. The SMILES string of the molecule is Cn1cnc(S(=O)(=O)N(Cc2ccc3c(c2)C(Cc2ccccc2)C(NCCC2CCCC2)CO3)OC(=O)C(F)(F)F)c1. The predicted octanol–water partition coefficient (Wildman–Crippen LogP) is 4.89. The molecule has 1 fully saturated rings. The Morgan fingerprint density at radius 3 is 2.56 bits per heavy atom. The van der Waals surface area contributed by atoms with Gasteiger partial charge in [-0.3, -0.25) is 0 Å². The first-order chi connectivity index (χ1) is 20.5. The number of carbonyl (C=O) groups excluding carboxylic acids is 1. The predicted molar refractivity (Wildman–Crippen MR) is 151 cm³/mol. The number of hydroxylamine groups is 1. The number of alkyl halides is 3. The van der Waals surface area contributed by atoms with E-state index in [1.54, 1.807) is 18.2 Å². The number of halogens is 3. The van der Waals surface area contributed by atoms with Crippen LogP contribution in [0, 0.1) is 5.92 Å². The number of carbonyl (C=O) groups is 1. The number of nitrogens with one attached hydrogen (secondary N) is 1. The fraction of sp³-hybridized carbons (Fsp3) is 0.467. The molecule has 2 aromatic carbocycles. The van der Waals surface area contributed by atoms with Gasteiger partial charge in [-0.1, -0.05) is 68.1 Å². The second-order valence-electron chi connectivity index (χ2n) is 11.2. The highest BCUT2D eigenvalue weighted by molar-refractivity contribution is 7.88. The van der Waals surface area contributed by atoms with Gasteiger partial charge >= 0.3 is 12.1 Å². The molecule has 43 heavy (non-hydrogen) atoms. The molecule has 1 aliphatic carbocycles. The van der Waals surface area contributed by atoms with Crippen LogP contribution in [0.2, 0.25) is 0 Å². The fourth-order valence-corrected chi connectivity index (χ4v) is 6.98. The average molecular weight is 621 g/mol. The molecule has 0 bridgehead atoms. The van der Waals surface area contributed by atoms with Crippen LogP contribution in [0.3, 0.4) is 0 Å². The molecule has 2 unspecified atom stereocenters. The van der Waals surface area contributed by atoms with Crippen molar-refractivity contribution in [3.8, 4) is 5.75 Å². The molecule has 1 saturated carbocycles. The van der Waals surface area contributed by atoms with Crippen LogP contribution in [0.4, 0.5) is 13.2 Å². The largest absolute Gasteiger partial charge is 0.492 e. The quantitative estimate of drug-likeness (QED) is 0.305. The molecule has 1 aliphatic heterocycles. The van der Waals surface area contributed by atoms with E-state index in [4.69, 9.17) is 4.74 Å². The summed E-state index contributed by atoms with van der Waals surface area (Å²) in [6.07, 6.45) is 3.68. The van der Waals surface area contributed by atoms with E-state index < -0.39 is 33.7 Å². The molecule has 0 saturated heterocycles. The molecule has 9 nitrogen and oxygen atoms in total. The lowest BCUT2D eigenvalue weighted by atomic mass is 9.83. The summed E-state index contributed by atoms with van der Waals surface area (Å²) in [5.74, 6) is -1.38. The molecule has 0 radical (unpaired) electrons. The normalized spacial score (nSPS) is 19.3. The monoisotopic (exact) mass is 620 g/mol. The second-order valence-corrected chi connectivity index (χ2v) is 13.0. The summed E-state index contributed by atoms with van der Waals surface area (Å²) in [6, 6.07) is 14.8. The highest BCUT2D eigenvalue weighted by atomic mass is 32.2. The summed E-state index contributed by atoms with van der Waals surface area (Å²) >= 11 is 0. The average Bonchev–Trinajstić information content (AvgIpc) is 3.66. The first kappa shape index (κ1) is 31.0. The highest BCUT2D eigenvalue weighted by Gasteiger charge is 2.45. The van der Waals surface area contributed by atoms with E-state index in [9.17, 15) is 26.4 Å². The highest BCUT2D eigenvalue weighted by Crippen LogP contribution is 2.38. The molecule has 2 aliphatic rings. The van der Waals surface area contributed by atoms with Crippen molar-refractivity contribution in [2.45, 2.75) is 68.2 Å². The first-order valence-electron chi connectivity index (χ1n) is 14.3. The van der Waals surface area contributed by atoms with Crippen molar-refractivity contribution in [1.82, 2.24) is 19.3 Å². The Bertz CT molecular complexity index is 1510. The van der Waals surface area contributed by atoms with Gasteiger partial charge in [-0.05, 0) is 52.5 Å². The number of aromatic nitrogens is 2. The minimum absolute atomic E-state index is 0.0410. The van der Waals surface area contributed by atoms with E-state index in [-0.39, 0.29) is 16.4 Å². The van der Waals surface area contributed by atoms with Crippen molar-refractivity contribution < 1.29 is 36.0 Å². The van der Waals surface area contributed by atoms with Crippen molar-refractivity contribution in [2.24, 2.45) is 13.0 Å². The van der Waals surface area contributed by atoms with Crippen molar-refractivity contribution in [1.29, 1.82) is 0 Å². The number of hydrogen-bond donors (Lipinski definition) is 1. The fourth-order valence-electron chi connectivity index (χ4n) is 5.81. The third-order valence-corrected chi connectivity index (χ3v) is 9.53. The minimum atomic E-state index is -5.40. The standard InChI is InChI=1S/C30H35F3N4O5S/c1-36-18-28(35-20-36)43(39,40)37(42-29(38)30(31,32)33)17-23-11-12-27-25(16-23)24(15-22-9-3-2-4-10-22)26(19-41-27)34-14-13-21-7-5-6-8-21/h2-4,9-12,16,18,20-21,24,26,34H,5-8,13-15,17,19H2,1H3. The summed E-state index contributed by atoms with van der Waals surface area (Å²) < 4.78 is 73.4. The Morgan fingerprint density at radius 2 is 1.88 bits per heavy atom. The number of hydrogen-bond acceptors (Lipinski definition) is 7. The summed E-state index contributed by atoms with van der Waals surface area (Å²) in [5, 5.41) is 3.12. The minimum Gasteiger partial charge on any atom is -0.492 e. The van der Waals surface area contributed by atoms with Gasteiger partial charge in [0.15, 0.2) is 5.03 Å². The van der Waals surface area contributed by atoms with E-state index in [2.05, 4.69) is 15.1 Å². The van der Waals surface area contributed by atoms with E-state index in [1.165, 1.54) is 43.6 Å². The molecule has 232 valence electrons. The molecular weight excluding hydrogens is 585 g/mol. The molecule has 0 amide bonds. The number of sulfonamides is 1. The van der Waals surface area contributed by atoms with Gasteiger partial charge in [0.2, 0.25) is 0 Å². The molecular formula is C30H35F3N4O5S. The molecule has 1 aromatic heterocycles. The van der Waals surface area contributed by atoms with Crippen LogP contribution >= 0.6 is 0 Å². The lowest BCUT2D eigenvalue weighted by Crippen LogP contribution is -2.44. The van der Waals surface area contributed by atoms with E-state index in [0.29, 0.717) is 24.3 Å². The molecule has 1 N–H and O–H groups in total. The molecule has 3 aromatic rings. The number of nitrogens with zero attached hydrogens (tertiary/aromatic N) is 3. The van der Waals surface area contributed by atoms with Gasteiger partial charge in [-0.25, -0.2) is 18.2 Å². The summed E-state index contributed by atoms with van der Waals surface area (Å²) in [7, 11) is -3.23. The van der Waals surface area contributed by atoms with Gasteiger partial charge in [0.25, 0.3) is 10.0 Å².